The molecule has 0 aliphatic carbocycles. The molecule has 0 aliphatic rings. The van der Waals surface area contributed by atoms with Crippen molar-refractivity contribution in [2.45, 2.75) is 64.8 Å². The fraction of sp³-hybridized carbons (Fsp3) is 0.846. The van der Waals surface area contributed by atoms with Crippen LogP contribution in [-0.4, -0.2) is 27.0 Å². The fourth-order valence-electron chi connectivity index (χ4n) is 1.57. The molecule has 0 saturated carbocycles. The lowest BCUT2D eigenvalue weighted by Gasteiger charge is -2.39. The van der Waals surface area contributed by atoms with Crippen molar-refractivity contribution in [1.82, 2.24) is 0 Å². The summed E-state index contributed by atoms with van der Waals surface area (Å²) < 4.78 is 11.0. The summed E-state index contributed by atoms with van der Waals surface area (Å²) in [7, 11) is -2.17. The zero-order valence-electron chi connectivity index (χ0n) is 12.4. The molecule has 0 amide bonds. The Morgan fingerprint density at radius 3 is 2.39 bits per heavy atom. The third-order valence-electron chi connectivity index (χ3n) is 3.22. The highest BCUT2D eigenvalue weighted by molar-refractivity contribution is 6.76. The Morgan fingerprint density at radius 1 is 1.44 bits per heavy atom. The zero-order valence-corrected chi connectivity index (χ0v) is 13.4. The summed E-state index contributed by atoms with van der Waals surface area (Å²) in [6, 6.07) is 2.65. The van der Waals surface area contributed by atoms with E-state index >= 15 is 0 Å². The minimum absolute atomic E-state index is 0.0361. The first-order valence-corrected chi connectivity index (χ1v) is 8.98. The maximum Gasteiger partial charge on any atom is 0.308 e. The summed E-state index contributed by atoms with van der Waals surface area (Å²) in [5.41, 5.74) is 0. The van der Waals surface area contributed by atoms with Gasteiger partial charge in [-0.15, -0.1) is 0 Å². The van der Waals surface area contributed by atoms with E-state index in [2.05, 4.69) is 33.4 Å². The summed E-state index contributed by atoms with van der Waals surface area (Å²) in [6.07, 6.45) is 0.0473. The van der Waals surface area contributed by atoms with Crippen LogP contribution in [0.2, 0.25) is 17.6 Å². The van der Waals surface area contributed by atoms with E-state index in [-0.39, 0.29) is 23.5 Å². The lowest BCUT2D eigenvalue weighted by atomic mass is 10.2. The standard InChI is InChI=1S/C13H25NO3Si/c1-7-16-12(15)10-11(2)17-18(6,9-8-14)13(3,4)5/h11H,7,9-10H2,1-6H3/t11-,18?/m1/s1. The molecule has 0 saturated heterocycles. The SMILES string of the molecule is CCOC(=O)C[C@@H](C)O[Si](C)(CC#N)C(C)(C)C. The average Bonchev–Trinajstić information content (AvgIpc) is 2.15. The number of hydrogen-bond donors (Lipinski definition) is 0. The number of rotatable bonds is 6. The molecule has 5 heteroatoms. The molecular weight excluding hydrogens is 246 g/mol. The van der Waals surface area contributed by atoms with Crippen LogP contribution in [0.1, 0.15) is 41.0 Å². The van der Waals surface area contributed by atoms with Crippen molar-refractivity contribution in [2.75, 3.05) is 6.61 Å². The van der Waals surface area contributed by atoms with E-state index < -0.39 is 8.32 Å². The summed E-state index contributed by atoms with van der Waals surface area (Å²) in [6.45, 7) is 12.4. The van der Waals surface area contributed by atoms with Crippen LogP contribution in [0, 0.1) is 11.3 Å². The molecule has 0 heterocycles. The molecule has 0 aromatic heterocycles. The van der Waals surface area contributed by atoms with E-state index in [4.69, 9.17) is 14.4 Å². The molecule has 0 aromatic rings. The van der Waals surface area contributed by atoms with Crippen molar-refractivity contribution in [3.05, 3.63) is 0 Å². The largest absolute Gasteiger partial charge is 0.466 e. The third kappa shape index (κ3) is 5.19. The molecule has 0 aliphatic heterocycles. The van der Waals surface area contributed by atoms with Crippen molar-refractivity contribution >= 4 is 14.3 Å². The summed E-state index contributed by atoms with van der Waals surface area (Å²) in [4.78, 5) is 11.4. The summed E-state index contributed by atoms with van der Waals surface area (Å²) in [5, 5.41) is 8.92. The lowest BCUT2D eigenvalue weighted by Crippen LogP contribution is -2.46. The van der Waals surface area contributed by atoms with Crippen molar-refractivity contribution in [1.29, 1.82) is 5.26 Å². The van der Waals surface area contributed by atoms with E-state index in [0.717, 1.165) is 0 Å². The first-order chi connectivity index (χ1) is 8.16. The Kier molecular flexibility index (Phi) is 6.58. The lowest BCUT2D eigenvalue weighted by molar-refractivity contribution is -0.144. The normalized spacial score (nSPS) is 16.5. The van der Waals surface area contributed by atoms with Crippen LogP contribution in [0.5, 0.6) is 0 Å². The van der Waals surface area contributed by atoms with Gasteiger partial charge in [0.05, 0.1) is 31.2 Å². The maximum atomic E-state index is 11.4. The molecule has 0 radical (unpaired) electrons. The number of ether oxygens (including phenoxy) is 1. The van der Waals surface area contributed by atoms with E-state index in [1.165, 1.54) is 0 Å². The van der Waals surface area contributed by atoms with Crippen LogP contribution in [0.15, 0.2) is 0 Å². The van der Waals surface area contributed by atoms with E-state index in [9.17, 15) is 4.79 Å². The maximum absolute atomic E-state index is 11.4. The fourth-order valence-corrected chi connectivity index (χ4v) is 3.82. The minimum atomic E-state index is -2.17. The quantitative estimate of drug-likeness (QED) is 0.549. The van der Waals surface area contributed by atoms with Gasteiger partial charge in [0, 0.05) is 0 Å². The predicted octanol–water partition coefficient (Wildman–Crippen LogP) is 3.24. The van der Waals surface area contributed by atoms with Crippen molar-refractivity contribution in [2.24, 2.45) is 0 Å². The molecule has 0 bridgehead atoms. The Hall–Kier alpha value is -0.863. The van der Waals surface area contributed by atoms with Gasteiger partial charge in [0.15, 0.2) is 0 Å². The molecule has 0 rings (SSSR count). The monoisotopic (exact) mass is 271 g/mol. The van der Waals surface area contributed by atoms with Crippen LogP contribution in [0.25, 0.3) is 0 Å². The predicted molar refractivity (Wildman–Crippen MR) is 73.6 cm³/mol. The zero-order chi connectivity index (χ0) is 14.4. The Balaban J connectivity index is 4.61. The van der Waals surface area contributed by atoms with Gasteiger partial charge in [0.25, 0.3) is 0 Å². The number of carbonyl (C=O) groups is 1. The average molecular weight is 271 g/mol. The number of nitriles is 1. The van der Waals surface area contributed by atoms with Gasteiger partial charge in [-0.25, -0.2) is 0 Å². The Morgan fingerprint density at radius 2 is 2.00 bits per heavy atom. The van der Waals surface area contributed by atoms with Gasteiger partial charge in [-0.1, -0.05) is 20.8 Å². The van der Waals surface area contributed by atoms with Crippen LogP contribution < -0.4 is 0 Å². The van der Waals surface area contributed by atoms with E-state index in [1.807, 2.05) is 6.92 Å². The molecular formula is C13H25NO3Si. The number of esters is 1. The number of carbonyl (C=O) groups excluding carboxylic acids is 1. The molecule has 0 aromatic carbocycles. The van der Waals surface area contributed by atoms with Gasteiger partial charge in [-0.3, -0.25) is 4.79 Å². The van der Waals surface area contributed by atoms with Gasteiger partial charge < -0.3 is 9.16 Å². The highest BCUT2D eigenvalue weighted by Gasteiger charge is 2.43. The molecule has 0 N–H and O–H groups in total. The van der Waals surface area contributed by atoms with Gasteiger partial charge in [0.2, 0.25) is 8.32 Å². The second kappa shape index (κ2) is 6.91. The first kappa shape index (κ1) is 17.1. The van der Waals surface area contributed by atoms with Crippen LogP contribution in [0.3, 0.4) is 0 Å². The minimum Gasteiger partial charge on any atom is -0.466 e. The summed E-state index contributed by atoms with van der Waals surface area (Å²) >= 11 is 0. The van der Waals surface area contributed by atoms with E-state index in [0.29, 0.717) is 12.7 Å². The molecule has 1 unspecified atom stereocenters. The van der Waals surface area contributed by atoms with Gasteiger partial charge >= 0.3 is 5.97 Å². The van der Waals surface area contributed by atoms with Crippen molar-refractivity contribution in [3.63, 3.8) is 0 Å². The summed E-state index contributed by atoms with van der Waals surface area (Å²) in [5.74, 6) is -0.243. The first-order valence-electron chi connectivity index (χ1n) is 6.36. The van der Waals surface area contributed by atoms with E-state index in [1.54, 1.807) is 6.92 Å². The van der Waals surface area contributed by atoms with Crippen molar-refractivity contribution in [3.8, 4) is 6.07 Å². The molecule has 0 fully saturated rings. The highest BCUT2D eigenvalue weighted by Crippen LogP contribution is 2.40. The topological polar surface area (TPSA) is 59.3 Å². The highest BCUT2D eigenvalue weighted by atomic mass is 28.4. The second-order valence-corrected chi connectivity index (χ2v) is 10.3. The third-order valence-corrected chi connectivity index (χ3v) is 8.15. The molecule has 18 heavy (non-hydrogen) atoms. The molecule has 104 valence electrons. The van der Waals surface area contributed by atoms with Gasteiger partial charge in [-0.05, 0) is 25.4 Å². The molecule has 4 nitrogen and oxygen atoms in total. The smallest absolute Gasteiger partial charge is 0.308 e. The second-order valence-electron chi connectivity index (χ2n) is 5.75. The van der Waals surface area contributed by atoms with Gasteiger partial charge in [0.1, 0.15) is 0 Å². The number of nitrogens with zero attached hydrogens (tertiary/aromatic N) is 1. The Labute approximate surface area is 111 Å². The Bertz CT molecular complexity index is 319. The van der Waals surface area contributed by atoms with Crippen molar-refractivity contribution < 1.29 is 14.0 Å². The number of hydrogen-bond acceptors (Lipinski definition) is 4. The molecule has 0 spiro atoms. The van der Waals surface area contributed by atoms with Crippen LogP contribution >= 0.6 is 0 Å². The van der Waals surface area contributed by atoms with Gasteiger partial charge in [-0.2, -0.15) is 5.26 Å². The molecule has 2 atom stereocenters. The van der Waals surface area contributed by atoms with Crippen LogP contribution in [-0.2, 0) is 14.0 Å². The van der Waals surface area contributed by atoms with Crippen LogP contribution in [0.4, 0.5) is 0 Å².